The highest BCUT2D eigenvalue weighted by atomic mass is 127. The minimum atomic E-state index is -3.36. The molecule has 0 amide bonds. The summed E-state index contributed by atoms with van der Waals surface area (Å²) < 4.78 is 26.2. The van der Waals surface area contributed by atoms with Crippen molar-refractivity contribution in [2.75, 3.05) is 12.3 Å². The van der Waals surface area contributed by atoms with Gasteiger partial charge in [0.25, 0.3) is 0 Å². The molecule has 0 aliphatic heterocycles. The van der Waals surface area contributed by atoms with Crippen molar-refractivity contribution < 1.29 is 8.42 Å². The van der Waals surface area contributed by atoms with Crippen LogP contribution in [0.2, 0.25) is 0 Å². The van der Waals surface area contributed by atoms with E-state index in [-0.39, 0.29) is 54.3 Å². The second-order valence-electron chi connectivity index (χ2n) is 5.77. The minimum absolute atomic E-state index is 0. The van der Waals surface area contributed by atoms with Crippen molar-refractivity contribution in [3.63, 3.8) is 0 Å². The van der Waals surface area contributed by atoms with Gasteiger partial charge < -0.3 is 11.1 Å². The zero-order valence-electron chi connectivity index (χ0n) is 13.2. The van der Waals surface area contributed by atoms with Crippen LogP contribution in [0.3, 0.4) is 0 Å². The molecule has 0 aromatic heterocycles. The van der Waals surface area contributed by atoms with Crippen LogP contribution >= 0.6 is 24.0 Å². The molecule has 0 fully saturated rings. The van der Waals surface area contributed by atoms with Crippen LogP contribution in [0.5, 0.6) is 0 Å². The molecule has 4 N–H and O–H groups in total. The first-order chi connectivity index (χ1) is 9.68. The van der Waals surface area contributed by atoms with Gasteiger partial charge in [-0.25, -0.2) is 13.1 Å². The molecular formula is C14H25IN4O2S. The van der Waals surface area contributed by atoms with E-state index in [0.717, 1.165) is 5.56 Å². The number of sulfonamides is 1. The SMILES string of the molecule is CC(C)(C)NC(N)=NCCS(=O)(=O)NCc1ccccc1.I. The average molecular weight is 440 g/mol. The second kappa shape index (κ2) is 9.31. The van der Waals surface area contributed by atoms with Gasteiger partial charge in [-0.3, -0.25) is 4.99 Å². The average Bonchev–Trinajstić information content (AvgIpc) is 2.35. The monoisotopic (exact) mass is 440 g/mol. The van der Waals surface area contributed by atoms with E-state index < -0.39 is 10.0 Å². The zero-order valence-corrected chi connectivity index (χ0v) is 16.3. The summed E-state index contributed by atoms with van der Waals surface area (Å²) in [6.07, 6.45) is 0. The number of nitrogens with two attached hydrogens (primary N) is 1. The van der Waals surface area contributed by atoms with E-state index in [1.165, 1.54) is 0 Å². The smallest absolute Gasteiger partial charge is 0.213 e. The number of benzene rings is 1. The molecule has 0 saturated carbocycles. The highest BCUT2D eigenvalue weighted by molar-refractivity contribution is 14.0. The summed E-state index contributed by atoms with van der Waals surface area (Å²) in [4.78, 5) is 4.01. The lowest BCUT2D eigenvalue weighted by atomic mass is 10.1. The van der Waals surface area contributed by atoms with E-state index in [1.807, 2.05) is 51.1 Å². The fourth-order valence-corrected chi connectivity index (χ4v) is 2.43. The maximum atomic E-state index is 11.8. The van der Waals surface area contributed by atoms with Gasteiger partial charge in [0.2, 0.25) is 10.0 Å². The molecule has 1 aromatic rings. The standard InChI is InChI=1S/C14H24N4O2S.HI/c1-14(2,3)18-13(15)16-9-10-21(19,20)17-11-12-7-5-4-6-8-12;/h4-8,17H,9-11H2,1-3H3,(H3,15,16,18);1H. The number of aliphatic imine (C=N–C) groups is 1. The molecule has 22 heavy (non-hydrogen) atoms. The highest BCUT2D eigenvalue weighted by Gasteiger charge is 2.11. The van der Waals surface area contributed by atoms with Gasteiger partial charge in [0.1, 0.15) is 0 Å². The lowest BCUT2D eigenvalue weighted by Gasteiger charge is -2.20. The summed E-state index contributed by atoms with van der Waals surface area (Å²) in [5.41, 5.74) is 6.40. The Morgan fingerprint density at radius 1 is 1.23 bits per heavy atom. The molecule has 6 nitrogen and oxygen atoms in total. The molecular weight excluding hydrogens is 415 g/mol. The van der Waals surface area contributed by atoms with E-state index in [1.54, 1.807) is 0 Å². The molecule has 8 heteroatoms. The van der Waals surface area contributed by atoms with Crippen molar-refractivity contribution in [2.24, 2.45) is 10.7 Å². The van der Waals surface area contributed by atoms with E-state index in [9.17, 15) is 8.42 Å². The first-order valence-electron chi connectivity index (χ1n) is 6.77. The van der Waals surface area contributed by atoms with Crippen molar-refractivity contribution in [3.05, 3.63) is 35.9 Å². The summed E-state index contributed by atoms with van der Waals surface area (Å²) in [6.45, 7) is 6.26. The molecule has 0 aliphatic carbocycles. The van der Waals surface area contributed by atoms with Gasteiger partial charge >= 0.3 is 0 Å². The number of nitrogens with zero attached hydrogens (tertiary/aromatic N) is 1. The molecule has 1 rings (SSSR count). The summed E-state index contributed by atoms with van der Waals surface area (Å²) in [5, 5.41) is 2.98. The van der Waals surface area contributed by atoms with E-state index in [0.29, 0.717) is 0 Å². The van der Waals surface area contributed by atoms with Gasteiger partial charge in [-0.1, -0.05) is 30.3 Å². The van der Waals surface area contributed by atoms with Gasteiger partial charge in [0.15, 0.2) is 5.96 Å². The third-order valence-corrected chi connectivity index (χ3v) is 3.79. The summed E-state index contributed by atoms with van der Waals surface area (Å²) >= 11 is 0. The van der Waals surface area contributed by atoms with Crippen LogP contribution in [0.4, 0.5) is 0 Å². The van der Waals surface area contributed by atoms with Gasteiger partial charge in [-0.2, -0.15) is 0 Å². The van der Waals surface area contributed by atoms with Crippen molar-refractivity contribution in [3.8, 4) is 0 Å². The Morgan fingerprint density at radius 3 is 2.36 bits per heavy atom. The Hall–Kier alpha value is -0.870. The Balaban J connectivity index is 0.00000441. The first kappa shape index (κ1) is 21.1. The Morgan fingerprint density at radius 2 is 1.82 bits per heavy atom. The van der Waals surface area contributed by atoms with Crippen LogP contribution in [0, 0.1) is 0 Å². The second-order valence-corrected chi connectivity index (χ2v) is 7.69. The predicted molar refractivity (Wildman–Crippen MR) is 102 cm³/mol. The molecule has 0 heterocycles. The van der Waals surface area contributed by atoms with E-state index in [4.69, 9.17) is 5.73 Å². The Bertz CT molecular complexity index is 568. The number of guanidine groups is 1. The Kier molecular flexibility index (Phi) is 8.94. The normalized spacial score (nSPS) is 12.6. The fourth-order valence-electron chi connectivity index (χ4n) is 1.57. The maximum Gasteiger partial charge on any atom is 0.213 e. The molecule has 0 spiro atoms. The van der Waals surface area contributed by atoms with Gasteiger partial charge in [0, 0.05) is 12.1 Å². The number of rotatable bonds is 6. The number of hydrogen-bond acceptors (Lipinski definition) is 3. The molecule has 126 valence electrons. The summed E-state index contributed by atoms with van der Waals surface area (Å²) in [7, 11) is -3.36. The first-order valence-corrected chi connectivity index (χ1v) is 8.42. The molecule has 1 aromatic carbocycles. The summed E-state index contributed by atoms with van der Waals surface area (Å²) in [5.74, 6) is 0.160. The van der Waals surface area contributed by atoms with Crippen LogP contribution in [-0.4, -0.2) is 32.2 Å². The largest absolute Gasteiger partial charge is 0.370 e. The number of nitrogens with one attached hydrogen (secondary N) is 2. The lowest BCUT2D eigenvalue weighted by Crippen LogP contribution is -2.45. The van der Waals surface area contributed by atoms with Crippen LogP contribution in [0.25, 0.3) is 0 Å². The molecule has 0 saturated heterocycles. The molecule has 0 aliphatic rings. The lowest BCUT2D eigenvalue weighted by molar-refractivity contribution is 0.508. The quantitative estimate of drug-likeness (QED) is 0.354. The molecule has 0 atom stereocenters. The number of halogens is 1. The van der Waals surface area contributed by atoms with Gasteiger partial charge in [-0.15, -0.1) is 24.0 Å². The van der Waals surface area contributed by atoms with Crippen molar-refractivity contribution in [1.82, 2.24) is 10.0 Å². The van der Waals surface area contributed by atoms with Crippen LogP contribution in [0.1, 0.15) is 26.3 Å². The minimum Gasteiger partial charge on any atom is -0.370 e. The van der Waals surface area contributed by atoms with Crippen molar-refractivity contribution in [1.29, 1.82) is 0 Å². The van der Waals surface area contributed by atoms with Gasteiger partial charge in [0.05, 0.1) is 12.3 Å². The third-order valence-electron chi connectivity index (χ3n) is 2.48. The van der Waals surface area contributed by atoms with Crippen LogP contribution in [0.15, 0.2) is 35.3 Å². The molecule has 0 bridgehead atoms. The number of hydrogen-bond donors (Lipinski definition) is 3. The van der Waals surface area contributed by atoms with E-state index >= 15 is 0 Å². The van der Waals surface area contributed by atoms with Crippen molar-refractivity contribution >= 4 is 40.0 Å². The predicted octanol–water partition coefficient (Wildman–Crippen LogP) is 1.43. The fraction of sp³-hybridized carbons (Fsp3) is 0.500. The zero-order chi connectivity index (χ0) is 15.9. The Labute approximate surface area is 150 Å². The topological polar surface area (TPSA) is 96.6 Å². The molecule has 0 unspecified atom stereocenters. The third kappa shape index (κ3) is 9.96. The van der Waals surface area contributed by atoms with Crippen LogP contribution in [-0.2, 0) is 16.6 Å². The summed E-state index contributed by atoms with van der Waals surface area (Å²) in [6, 6.07) is 9.36. The maximum absolute atomic E-state index is 11.8. The van der Waals surface area contributed by atoms with Gasteiger partial charge in [-0.05, 0) is 26.3 Å². The highest BCUT2D eigenvalue weighted by Crippen LogP contribution is 1.99. The van der Waals surface area contributed by atoms with E-state index in [2.05, 4.69) is 15.0 Å². The van der Waals surface area contributed by atoms with Crippen molar-refractivity contribution in [2.45, 2.75) is 32.9 Å². The van der Waals surface area contributed by atoms with Crippen LogP contribution < -0.4 is 15.8 Å². The molecule has 0 radical (unpaired) electrons.